The van der Waals surface area contributed by atoms with Crippen LogP contribution >= 0.6 is 12.6 Å². The standard InChI is InChI=1S/C6H6NS/c1-5-3-2-4-7-6(5)8/h2-4H,1H3. The monoisotopic (exact) mass is 124 g/mol. The Kier molecular flexibility index (Phi) is 1.44. The summed E-state index contributed by atoms with van der Waals surface area (Å²) >= 11 is 4.84. The first-order valence-electron chi connectivity index (χ1n) is 2.39. The zero-order valence-corrected chi connectivity index (χ0v) is 5.40. The molecule has 0 N–H and O–H groups in total. The Hall–Kier alpha value is -0.630. The molecule has 1 radical (unpaired) electrons. The molecule has 1 heterocycles. The summed E-state index contributed by atoms with van der Waals surface area (Å²) in [6, 6.07) is 3.83. The van der Waals surface area contributed by atoms with Gasteiger partial charge in [-0.15, -0.1) is 0 Å². The average Bonchev–Trinajstić information content (AvgIpc) is 1.77. The summed E-state index contributed by atoms with van der Waals surface area (Å²) in [4.78, 5) is 3.89. The smallest absolute Gasteiger partial charge is 0.129 e. The van der Waals surface area contributed by atoms with Crippen molar-refractivity contribution in [3.8, 4) is 0 Å². The Labute approximate surface area is 54.2 Å². The molecule has 41 valence electrons. The van der Waals surface area contributed by atoms with Gasteiger partial charge in [-0.3, -0.25) is 0 Å². The Morgan fingerprint density at radius 2 is 2.38 bits per heavy atom. The second-order valence-electron chi connectivity index (χ2n) is 1.63. The zero-order chi connectivity index (χ0) is 5.98. The molecule has 0 unspecified atom stereocenters. The molecule has 0 fully saturated rings. The minimum absolute atomic E-state index is 0.701. The van der Waals surface area contributed by atoms with Gasteiger partial charge in [0.05, 0.1) is 0 Å². The molecule has 0 saturated carbocycles. The van der Waals surface area contributed by atoms with Crippen LogP contribution in [0.4, 0.5) is 0 Å². The quantitative estimate of drug-likeness (QED) is 0.515. The number of rotatable bonds is 0. The van der Waals surface area contributed by atoms with Gasteiger partial charge in [0.2, 0.25) is 0 Å². The molecular weight excluding hydrogens is 118 g/mol. The largest absolute Gasteiger partial charge is 0.245 e. The van der Waals surface area contributed by atoms with Gasteiger partial charge < -0.3 is 0 Å². The number of pyridine rings is 1. The molecule has 0 aliphatic heterocycles. The Morgan fingerprint density at radius 1 is 1.62 bits per heavy atom. The maximum Gasteiger partial charge on any atom is 0.129 e. The highest BCUT2D eigenvalue weighted by Gasteiger charge is 1.88. The van der Waals surface area contributed by atoms with Crippen LogP contribution < -0.4 is 0 Å². The van der Waals surface area contributed by atoms with Crippen LogP contribution in [0.3, 0.4) is 0 Å². The van der Waals surface area contributed by atoms with Gasteiger partial charge in [-0.1, -0.05) is 18.7 Å². The maximum atomic E-state index is 4.84. The van der Waals surface area contributed by atoms with Crippen molar-refractivity contribution < 1.29 is 0 Å². The number of hydrogen-bond donors (Lipinski definition) is 0. The van der Waals surface area contributed by atoms with E-state index >= 15 is 0 Å². The molecule has 1 aromatic rings. The second kappa shape index (κ2) is 2.09. The summed E-state index contributed by atoms with van der Waals surface area (Å²) in [5.74, 6) is 0. The van der Waals surface area contributed by atoms with Gasteiger partial charge in [-0.25, -0.2) is 4.98 Å². The van der Waals surface area contributed by atoms with Gasteiger partial charge in [-0.2, -0.15) is 0 Å². The first-order chi connectivity index (χ1) is 3.80. The highest BCUT2D eigenvalue weighted by atomic mass is 32.1. The fourth-order valence-electron chi connectivity index (χ4n) is 0.471. The number of aromatic nitrogens is 1. The van der Waals surface area contributed by atoms with Crippen molar-refractivity contribution in [2.45, 2.75) is 11.9 Å². The Balaban J connectivity index is 3.13. The SMILES string of the molecule is Cc1cccnc1[S]. The zero-order valence-electron chi connectivity index (χ0n) is 4.59. The van der Waals surface area contributed by atoms with Crippen LogP contribution in [-0.4, -0.2) is 4.98 Å². The minimum Gasteiger partial charge on any atom is -0.245 e. The third kappa shape index (κ3) is 0.954. The molecule has 0 aliphatic rings. The van der Waals surface area contributed by atoms with Crippen molar-refractivity contribution in [1.82, 2.24) is 4.98 Å². The number of nitrogens with zero attached hydrogens (tertiary/aromatic N) is 1. The van der Waals surface area contributed by atoms with Crippen LogP contribution in [0.5, 0.6) is 0 Å². The van der Waals surface area contributed by atoms with Gasteiger partial charge in [0.25, 0.3) is 0 Å². The summed E-state index contributed by atoms with van der Waals surface area (Å²) in [5, 5.41) is 0.701. The minimum atomic E-state index is 0.701. The van der Waals surface area contributed by atoms with Crippen LogP contribution in [0.25, 0.3) is 0 Å². The van der Waals surface area contributed by atoms with E-state index in [1.165, 1.54) is 0 Å². The van der Waals surface area contributed by atoms with Crippen LogP contribution in [0.15, 0.2) is 23.4 Å². The van der Waals surface area contributed by atoms with Gasteiger partial charge in [-0.05, 0) is 18.6 Å². The lowest BCUT2D eigenvalue weighted by atomic mass is 10.3. The Morgan fingerprint density at radius 3 is 2.75 bits per heavy atom. The summed E-state index contributed by atoms with van der Waals surface area (Å²) in [5.41, 5.74) is 1.07. The predicted molar refractivity (Wildman–Crippen MR) is 34.8 cm³/mol. The highest BCUT2D eigenvalue weighted by Crippen LogP contribution is 2.05. The fraction of sp³-hybridized carbons (Fsp3) is 0.167. The number of hydrogen-bond acceptors (Lipinski definition) is 1. The van der Waals surface area contributed by atoms with E-state index in [1.807, 2.05) is 19.1 Å². The molecule has 2 heteroatoms. The molecule has 0 amide bonds. The first-order valence-corrected chi connectivity index (χ1v) is 2.80. The molecule has 1 nitrogen and oxygen atoms in total. The average molecular weight is 124 g/mol. The van der Waals surface area contributed by atoms with Gasteiger partial charge in [0.1, 0.15) is 5.03 Å². The maximum absolute atomic E-state index is 4.84. The van der Waals surface area contributed by atoms with Crippen molar-refractivity contribution in [3.63, 3.8) is 0 Å². The summed E-state index contributed by atoms with van der Waals surface area (Å²) in [7, 11) is 0. The topological polar surface area (TPSA) is 12.9 Å². The van der Waals surface area contributed by atoms with Gasteiger partial charge >= 0.3 is 0 Å². The van der Waals surface area contributed by atoms with Crippen LogP contribution in [0.2, 0.25) is 0 Å². The van der Waals surface area contributed by atoms with E-state index in [4.69, 9.17) is 12.6 Å². The molecular formula is C6H6NS. The van der Waals surface area contributed by atoms with Crippen LogP contribution in [0.1, 0.15) is 5.56 Å². The summed E-state index contributed by atoms with van der Waals surface area (Å²) < 4.78 is 0. The van der Waals surface area contributed by atoms with E-state index in [-0.39, 0.29) is 0 Å². The molecule has 1 aromatic heterocycles. The fourth-order valence-corrected chi connectivity index (χ4v) is 0.600. The van der Waals surface area contributed by atoms with Crippen LogP contribution in [0, 0.1) is 6.92 Å². The molecule has 0 aliphatic carbocycles. The van der Waals surface area contributed by atoms with E-state index in [0.717, 1.165) is 5.56 Å². The molecule has 0 saturated heterocycles. The van der Waals surface area contributed by atoms with E-state index in [9.17, 15) is 0 Å². The molecule has 8 heavy (non-hydrogen) atoms. The van der Waals surface area contributed by atoms with E-state index in [0.29, 0.717) is 5.03 Å². The van der Waals surface area contributed by atoms with Crippen molar-refractivity contribution in [3.05, 3.63) is 23.9 Å². The normalized spacial score (nSPS) is 9.12. The van der Waals surface area contributed by atoms with E-state index in [2.05, 4.69) is 4.98 Å². The summed E-state index contributed by atoms with van der Waals surface area (Å²) in [6.45, 7) is 1.95. The summed E-state index contributed by atoms with van der Waals surface area (Å²) in [6.07, 6.45) is 1.70. The van der Waals surface area contributed by atoms with Crippen molar-refractivity contribution in [1.29, 1.82) is 0 Å². The van der Waals surface area contributed by atoms with Gasteiger partial charge in [0.15, 0.2) is 0 Å². The van der Waals surface area contributed by atoms with Gasteiger partial charge in [0, 0.05) is 6.20 Å². The third-order valence-electron chi connectivity index (χ3n) is 0.961. The first kappa shape index (κ1) is 5.51. The van der Waals surface area contributed by atoms with E-state index in [1.54, 1.807) is 6.20 Å². The molecule has 0 bridgehead atoms. The van der Waals surface area contributed by atoms with Crippen LogP contribution in [-0.2, 0) is 0 Å². The van der Waals surface area contributed by atoms with E-state index < -0.39 is 0 Å². The lowest BCUT2D eigenvalue weighted by Gasteiger charge is -1.90. The lowest BCUT2D eigenvalue weighted by molar-refractivity contribution is 1.09. The van der Waals surface area contributed by atoms with Crippen molar-refractivity contribution in [2.75, 3.05) is 0 Å². The number of aryl methyl sites for hydroxylation is 1. The Bertz CT molecular complexity index is 165. The second-order valence-corrected chi connectivity index (χ2v) is 2.01. The molecule has 1 rings (SSSR count). The molecule has 0 spiro atoms. The van der Waals surface area contributed by atoms with Crippen molar-refractivity contribution >= 4 is 12.6 Å². The predicted octanol–water partition coefficient (Wildman–Crippen LogP) is 1.95. The highest BCUT2D eigenvalue weighted by molar-refractivity contribution is 7.80. The third-order valence-corrected chi connectivity index (χ3v) is 1.39. The molecule has 0 atom stereocenters. The molecule has 0 aromatic carbocycles. The van der Waals surface area contributed by atoms with Crippen molar-refractivity contribution in [2.24, 2.45) is 0 Å². The lowest BCUT2D eigenvalue weighted by Crippen LogP contribution is -1.77.